The van der Waals surface area contributed by atoms with Gasteiger partial charge in [0.05, 0.1) is 16.6 Å². The van der Waals surface area contributed by atoms with Crippen LogP contribution >= 0.6 is 22.6 Å². The number of benzene rings is 2. The Hall–Kier alpha value is -1.40. The zero-order valence-corrected chi connectivity index (χ0v) is 14.2. The molecule has 3 nitrogen and oxygen atoms in total. The highest BCUT2D eigenvalue weighted by Crippen LogP contribution is 2.27. The third-order valence-electron chi connectivity index (χ3n) is 3.85. The van der Waals surface area contributed by atoms with Crippen molar-refractivity contribution in [1.29, 1.82) is 0 Å². The summed E-state index contributed by atoms with van der Waals surface area (Å²) in [6.45, 7) is 1.84. The highest BCUT2D eigenvalue weighted by molar-refractivity contribution is 14.1. The molecule has 1 N–H and O–H groups in total. The van der Waals surface area contributed by atoms with E-state index in [0.717, 1.165) is 26.0 Å². The second-order valence-corrected chi connectivity index (χ2v) is 6.78. The fourth-order valence-corrected chi connectivity index (χ4v) is 2.93. The van der Waals surface area contributed by atoms with E-state index in [4.69, 9.17) is 0 Å². The number of para-hydroxylation sites is 2. The zero-order valence-electron chi connectivity index (χ0n) is 12.0. The molecule has 0 amide bonds. The zero-order chi connectivity index (χ0) is 15.0. The molecule has 0 radical (unpaired) electrons. The van der Waals surface area contributed by atoms with Crippen LogP contribution in [0.4, 0.5) is 0 Å². The third-order valence-corrected chi connectivity index (χ3v) is 4.57. The molecule has 1 heterocycles. The molecule has 4 heteroatoms. The molecule has 0 fully saturated rings. The summed E-state index contributed by atoms with van der Waals surface area (Å²) < 4.78 is 3.21. The van der Waals surface area contributed by atoms with Gasteiger partial charge >= 0.3 is 0 Å². The fourth-order valence-electron chi connectivity index (χ4n) is 2.57. The molecule has 1 aromatic heterocycles. The number of nitrogens with zero attached hydrogens (tertiary/aromatic N) is 2. The van der Waals surface area contributed by atoms with Crippen LogP contribution in [0.2, 0.25) is 0 Å². The molecular weight excluding hydrogens is 375 g/mol. The van der Waals surface area contributed by atoms with Crippen LogP contribution in [0.1, 0.15) is 18.3 Å². The molecule has 0 saturated carbocycles. The summed E-state index contributed by atoms with van der Waals surface area (Å²) in [6, 6.07) is 16.0. The molecule has 0 aliphatic carbocycles. The Bertz CT molecular complexity index is 775. The first-order valence-electron chi connectivity index (χ1n) is 6.86. The van der Waals surface area contributed by atoms with Crippen molar-refractivity contribution in [3.8, 4) is 0 Å². The average Bonchev–Trinajstić information content (AvgIpc) is 2.76. The van der Waals surface area contributed by atoms with Gasteiger partial charge in [-0.2, -0.15) is 0 Å². The van der Waals surface area contributed by atoms with Crippen molar-refractivity contribution in [2.75, 3.05) is 0 Å². The molecule has 0 aliphatic rings. The van der Waals surface area contributed by atoms with Crippen LogP contribution in [0.3, 0.4) is 0 Å². The molecular formula is C17H17IN2O. The minimum atomic E-state index is -0.931. The van der Waals surface area contributed by atoms with Gasteiger partial charge in [-0.25, -0.2) is 4.98 Å². The van der Waals surface area contributed by atoms with Crippen LogP contribution in [0, 0.1) is 3.57 Å². The lowest BCUT2D eigenvalue weighted by Gasteiger charge is -2.23. The lowest BCUT2D eigenvalue weighted by atomic mass is 9.92. The number of fused-ring (bicyclic) bond motifs is 1. The molecule has 0 spiro atoms. The van der Waals surface area contributed by atoms with Gasteiger partial charge in [0.1, 0.15) is 5.82 Å². The molecule has 3 aromatic rings. The van der Waals surface area contributed by atoms with Crippen molar-refractivity contribution in [3.63, 3.8) is 0 Å². The van der Waals surface area contributed by atoms with Gasteiger partial charge in [-0.1, -0.05) is 24.3 Å². The minimum Gasteiger partial charge on any atom is -0.385 e. The largest absolute Gasteiger partial charge is 0.385 e. The summed E-state index contributed by atoms with van der Waals surface area (Å²) in [4.78, 5) is 4.64. The van der Waals surface area contributed by atoms with E-state index in [1.807, 2.05) is 62.5 Å². The summed E-state index contributed by atoms with van der Waals surface area (Å²) in [6.07, 6.45) is 0.485. The SMILES string of the molecule is Cn1c(CC(C)(O)c2ccc(I)cc2)nc2ccccc21. The normalized spacial score (nSPS) is 14.3. The highest BCUT2D eigenvalue weighted by atomic mass is 127. The Kier molecular flexibility index (Phi) is 3.75. The van der Waals surface area contributed by atoms with Crippen molar-refractivity contribution in [2.45, 2.75) is 18.9 Å². The Morgan fingerprint density at radius 1 is 1.14 bits per heavy atom. The van der Waals surface area contributed by atoms with E-state index < -0.39 is 5.60 Å². The minimum absolute atomic E-state index is 0.485. The number of aromatic nitrogens is 2. The van der Waals surface area contributed by atoms with Gasteiger partial charge in [0.15, 0.2) is 0 Å². The monoisotopic (exact) mass is 392 g/mol. The lowest BCUT2D eigenvalue weighted by molar-refractivity contribution is 0.0549. The maximum absolute atomic E-state index is 10.8. The summed E-state index contributed by atoms with van der Waals surface area (Å²) >= 11 is 2.26. The predicted molar refractivity (Wildman–Crippen MR) is 93.1 cm³/mol. The maximum Gasteiger partial charge on any atom is 0.112 e. The van der Waals surface area contributed by atoms with E-state index in [-0.39, 0.29) is 0 Å². The summed E-state index contributed by atoms with van der Waals surface area (Å²) in [5.74, 6) is 0.889. The number of hydrogen-bond acceptors (Lipinski definition) is 2. The number of imidazole rings is 1. The van der Waals surface area contributed by atoms with Gasteiger partial charge in [0, 0.05) is 17.0 Å². The predicted octanol–water partition coefficient (Wildman–Crippen LogP) is 3.63. The van der Waals surface area contributed by atoms with Crippen molar-refractivity contribution in [3.05, 3.63) is 63.5 Å². The first kappa shape index (κ1) is 14.5. The van der Waals surface area contributed by atoms with Gasteiger partial charge in [-0.3, -0.25) is 0 Å². The van der Waals surface area contributed by atoms with E-state index >= 15 is 0 Å². The van der Waals surface area contributed by atoms with E-state index in [1.54, 1.807) is 0 Å². The Morgan fingerprint density at radius 2 is 1.81 bits per heavy atom. The Balaban J connectivity index is 1.96. The molecule has 3 rings (SSSR count). The topological polar surface area (TPSA) is 38.0 Å². The van der Waals surface area contributed by atoms with E-state index in [0.29, 0.717) is 6.42 Å². The highest BCUT2D eigenvalue weighted by Gasteiger charge is 2.26. The van der Waals surface area contributed by atoms with Gasteiger partial charge in [-0.15, -0.1) is 0 Å². The first-order chi connectivity index (χ1) is 9.97. The molecule has 1 atom stereocenters. The van der Waals surface area contributed by atoms with Crippen LogP contribution in [-0.4, -0.2) is 14.7 Å². The molecule has 21 heavy (non-hydrogen) atoms. The van der Waals surface area contributed by atoms with Crippen molar-refractivity contribution < 1.29 is 5.11 Å². The molecule has 2 aromatic carbocycles. The Labute approximate surface area is 137 Å². The van der Waals surface area contributed by atoms with E-state index in [1.165, 1.54) is 0 Å². The lowest BCUT2D eigenvalue weighted by Crippen LogP contribution is -2.25. The summed E-state index contributed by atoms with van der Waals surface area (Å²) in [5, 5.41) is 10.8. The second kappa shape index (κ2) is 5.42. The van der Waals surface area contributed by atoms with Crippen LogP contribution in [0.25, 0.3) is 11.0 Å². The number of hydrogen-bond donors (Lipinski definition) is 1. The van der Waals surface area contributed by atoms with Crippen LogP contribution < -0.4 is 0 Å². The second-order valence-electron chi connectivity index (χ2n) is 5.53. The van der Waals surface area contributed by atoms with Crippen molar-refractivity contribution in [1.82, 2.24) is 9.55 Å². The first-order valence-corrected chi connectivity index (χ1v) is 7.94. The standard InChI is InChI=1S/C17H17IN2O/c1-17(21,12-7-9-13(18)10-8-12)11-16-19-14-5-3-4-6-15(14)20(16)2/h3-10,21H,11H2,1-2H3. The van der Waals surface area contributed by atoms with Gasteiger partial charge < -0.3 is 9.67 Å². The molecule has 0 bridgehead atoms. The average molecular weight is 392 g/mol. The third kappa shape index (κ3) is 2.82. The Morgan fingerprint density at radius 3 is 2.48 bits per heavy atom. The fraction of sp³-hybridized carbons (Fsp3) is 0.235. The molecule has 0 saturated heterocycles. The number of rotatable bonds is 3. The number of halogens is 1. The summed E-state index contributed by atoms with van der Waals surface area (Å²) in [5.41, 5.74) is 2.04. The number of aliphatic hydroxyl groups is 1. The van der Waals surface area contributed by atoms with Crippen LogP contribution in [0.5, 0.6) is 0 Å². The van der Waals surface area contributed by atoms with Crippen molar-refractivity contribution >= 4 is 33.6 Å². The molecule has 1 unspecified atom stereocenters. The van der Waals surface area contributed by atoms with Crippen molar-refractivity contribution in [2.24, 2.45) is 7.05 Å². The van der Waals surface area contributed by atoms with Crippen LogP contribution in [-0.2, 0) is 19.1 Å². The van der Waals surface area contributed by atoms with E-state index in [9.17, 15) is 5.11 Å². The van der Waals surface area contributed by atoms with Gasteiger partial charge in [-0.05, 0) is 59.3 Å². The van der Waals surface area contributed by atoms with Gasteiger partial charge in [0.2, 0.25) is 0 Å². The number of aryl methyl sites for hydroxylation is 1. The molecule has 0 aliphatic heterocycles. The summed E-state index contributed by atoms with van der Waals surface area (Å²) in [7, 11) is 1.99. The van der Waals surface area contributed by atoms with Gasteiger partial charge in [0.25, 0.3) is 0 Å². The smallest absolute Gasteiger partial charge is 0.112 e. The van der Waals surface area contributed by atoms with E-state index in [2.05, 4.69) is 32.1 Å². The van der Waals surface area contributed by atoms with Crippen LogP contribution in [0.15, 0.2) is 48.5 Å². The molecule has 108 valence electrons. The quantitative estimate of drug-likeness (QED) is 0.692. The maximum atomic E-state index is 10.8.